The van der Waals surface area contributed by atoms with Crippen LogP contribution < -0.4 is 4.90 Å². The second-order valence-corrected chi connectivity index (χ2v) is 8.70. The minimum Gasteiger partial charge on any atom is -0.372 e. The van der Waals surface area contributed by atoms with Crippen LogP contribution in [0.5, 0.6) is 0 Å². The third-order valence-corrected chi connectivity index (χ3v) is 6.46. The van der Waals surface area contributed by atoms with Gasteiger partial charge in [-0.3, -0.25) is 9.89 Å². The van der Waals surface area contributed by atoms with Crippen LogP contribution in [0.3, 0.4) is 0 Å². The van der Waals surface area contributed by atoms with Crippen molar-refractivity contribution >= 4 is 11.6 Å². The molecule has 166 valence electrons. The number of H-pyrrole nitrogens is 1. The van der Waals surface area contributed by atoms with Gasteiger partial charge in [0.2, 0.25) is 0 Å². The van der Waals surface area contributed by atoms with E-state index in [0.717, 1.165) is 48.6 Å². The average Bonchev–Trinajstić information content (AvgIpc) is 3.50. The quantitative estimate of drug-likeness (QED) is 0.643. The summed E-state index contributed by atoms with van der Waals surface area (Å²) in [5.41, 5.74) is 2.82. The Hall–Kier alpha value is -3.22. The average molecular weight is 434 g/mol. The zero-order chi connectivity index (χ0) is 21.9. The van der Waals surface area contributed by atoms with E-state index in [2.05, 4.69) is 26.1 Å². The second kappa shape index (κ2) is 9.10. The molecule has 1 amide bonds. The molecule has 1 N–H and O–H groups in total. The summed E-state index contributed by atoms with van der Waals surface area (Å²) in [6, 6.07) is 14.3. The zero-order valence-corrected chi connectivity index (χ0v) is 18.1. The van der Waals surface area contributed by atoms with Crippen LogP contribution in [0.1, 0.15) is 65.7 Å². The number of amides is 1. The van der Waals surface area contributed by atoms with Gasteiger partial charge in [0.05, 0.1) is 6.04 Å². The lowest BCUT2D eigenvalue weighted by atomic mass is 10.1. The number of nitrogens with one attached hydrogen (secondary N) is 1. The predicted octanol–water partition coefficient (Wildman–Crippen LogP) is 4.50. The highest BCUT2D eigenvalue weighted by Crippen LogP contribution is 2.32. The molecule has 2 saturated heterocycles. The lowest BCUT2D eigenvalue weighted by molar-refractivity contribution is 0.0730. The standard InChI is InChI=1S/C25H28FN5O/c26-20-11-9-18(10-12-20)16-23-27-24(29-28-23)22-8-5-15-31(22)25(32)19-6-4-7-21(17-19)30-13-2-1-3-14-30/h4,6-7,9-12,17,22H,1-3,5,8,13-16H2,(H,27,28,29). The van der Waals surface area contributed by atoms with E-state index >= 15 is 0 Å². The van der Waals surface area contributed by atoms with E-state index in [4.69, 9.17) is 0 Å². The maximum atomic E-state index is 13.4. The van der Waals surface area contributed by atoms with Gasteiger partial charge in [0.25, 0.3) is 5.91 Å². The number of piperidine rings is 1. The molecule has 1 aromatic heterocycles. The highest BCUT2D eigenvalue weighted by molar-refractivity contribution is 5.95. The smallest absolute Gasteiger partial charge is 0.254 e. The predicted molar refractivity (Wildman–Crippen MR) is 121 cm³/mol. The second-order valence-electron chi connectivity index (χ2n) is 8.70. The normalized spacial score (nSPS) is 18.8. The Morgan fingerprint density at radius 2 is 1.84 bits per heavy atom. The summed E-state index contributed by atoms with van der Waals surface area (Å²) < 4.78 is 13.1. The molecule has 6 nitrogen and oxygen atoms in total. The number of anilines is 1. The largest absolute Gasteiger partial charge is 0.372 e. The summed E-state index contributed by atoms with van der Waals surface area (Å²) in [4.78, 5) is 22.3. The van der Waals surface area contributed by atoms with Crippen LogP contribution in [0.15, 0.2) is 48.5 Å². The summed E-state index contributed by atoms with van der Waals surface area (Å²) in [6.45, 7) is 2.81. The Morgan fingerprint density at radius 1 is 1.03 bits per heavy atom. The molecule has 0 bridgehead atoms. The molecular formula is C25H28FN5O. The first-order valence-electron chi connectivity index (χ1n) is 11.5. The van der Waals surface area contributed by atoms with Gasteiger partial charge >= 0.3 is 0 Å². The number of aromatic amines is 1. The van der Waals surface area contributed by atoms with Crippen LogP contribution in [-0.2, 0) is 6.42 Å². The number of hydrogen-bond acceptors (Lipinski definition) is 4. The molecular weight excluding hydrogens is 405 g/mol. The highest BCUT2D eigenvalue weighted by Gasteiger charge is 2.33. The molecule has 0 radical (unpaired) electrons. The van der Waals surface area contributed by atoms with Crippen molar-refractivity contribution in [1.29, 1.82) is 0 Å². The van der Waals surface area contributed by atoms with E-state index in [-0.39, 0.29) is 17.8 Å². The SMILES string of the molecule is O=C(c1cccc(N2CCCCC2)c1)N1CCCC1c1n[nH]c(Cc2ccc(F)cc2)n1. The van der Waals surface area contributed by atoms with Crippen molar-refractivity contribution in [1.82, 2.24) is 20.1 Å². The Bertz CT molecular complexity index is 1070. The van der Waals surface area contributed by atoms with Gasteiger partial charge in [0.1, 0.15) is 11.6 Å². The fourth-order valence-corrected chi connectivity index (χ4v) is 4.77. The first-order chi connectivity index (χ1) is 15.7. The lowest BCUT2D eigenvalue weighted by Crippen LogP contribution is -2.32. The number of likely N-dealkylation sites (tertiary alicyclic amines) is 1. The van der Waals surface area contributed by atoms with Crippen LogP contribution in [-0.4, -0.2) is 45.6 Å². The molecule has 1 unspecified atom stereocenters. The van der Waals surface area contributed by atoms with Crippen molar-refractivity contribution in [2.24, 2.45) is 0 Å². The van der Waals surface area contributed by atoms with Crippen molar-refractivity contribution < 1.29 is 9.18 Å². The highest BCUT2D eigenvalue weighted by atomic mass is 19.1. The van der Waals surface area contributed by atoms with E-state index in [1.54, 1.807) is 12.1 Å². The number of benzene rings is 2. The molecule has 1 atom stereocenters. The van der Waals surface area contributed by atoms with Crippen molar-refractivity contribution in [3.63, 3.8) is 0 Å². The van der Waals surface area contributed by atoms with Crippen LogP contribution >= 0.6 is 0 Å². The number of aromatic nitrogens is 3. The molecule has 0 saturated carbocycles. The molecule has 2 aromatic carbocycles. The summed E-state index contributed by atoms with van der Waals surface area (Å²) in [5.74, 6) is 1.16. The van der Waals surface area contributed by atoms with Gasteiger partial charge in [-0.2, -0.15) is 5.10 Å². The van der Waals surface area contributed by atoms with E-state index in [9.17, 15) is 9.18 Å². The fraction of sp³-hybridized carbons (Fsp3) is 0.400. The number of halogens is 1. The number of hydrogen-bond donors (Lipinski definition) is 1. The van der Waals surface area contributed by atoms with Crippen molar-refractivity contribution in [2.45, 2.75) is 44.6 Å². The van der Waals surface area contributed by atoms with Crippen LogP contribution in [0.4, 0.5) is 10.1 Å². The number of carbonyl (C=O) groups excluding carboxylic acids is 1. The first kappa shape index (κ1) is 20.7. The molecule has 2 aliphatic heterocycles. The summed E-state index contributed by atoms with van der Waals surface area (Å²) in [6.07, 6.45) is 6.03. The minimum absolute atomic E-state index is 0.0382. The number of nitrogens with zero attached hydrogens (tertiary/aromatic N) is 4. The van der Waals surface area contributed by atoms with Crippen molar-refractivity contribution in [3.05, 3.63) is 77.1 Å². The Labute approximate surface area is 187 Å². The summed E-state index contributed by atoms with van der Waals surface area (Å²) >= 11 is 0. The molecule has 2 fully saturated rings. The molecule has 7 heteroatoms. The van der Waals surface area contributed by atoms with Crippen LogP contribution in [0.2, 0.25) is 0 Å². The molecule has 0 spiro atoms. The lowest BCUT2D eigenvalue weighted by Gasteiger charge is -2.29. The minimum atomic E-state index is -0.253. The number of rotatable bonds is 5. The molecule has 0 aliphatic carbocycles. The van der Waals surface area contributed by atoms with Gasteiger partial charge in [-0.25, -0.2) is 9.37 Å². The topological polar surface area (TPSA) is 65.1 Å². The summed E-state index contributed by atoms with van der Waals surface area (Å²) in [5, 5.41) is 7.41. The molecule has 32 heavy (non-hydrogen) atoms. The Balaban J connectivity index is 1.31. The van der Waals surface area contributed by atoms with Crippen molar-refractivity contribution in [2.75, 3.05) is 24.5 Å². The van der Waals surface area contributed by atoms with Gasteiger partial charge in [-0.05, 0) is 68.0 Å². The van der Waals surface area contributed by atoms with E-state index in [1.807, 2.05) is 23.1 Å². The summed E-state index contributed by atoms with van der Waals surface area (Å²) in [7, 11) is 0. The maximum Gasteiger partial charge on any atom is 0.254 e. The van der Waals surface area contributed by atoms with Gasteiger partial charge in [0.15, 0.2) is 5.82 Å². The van der Waals surface area contributed by atoms with Gasteiger partial charge in [-0.15, -0.1) is 0 Å². The first-order valence-corrected chi connectivity index (χ1v) is 11.5. The molecule has 2 aliphatic rings. The fourth-order valence-electron chi connectivity index (χ4n) is 4.77. The Kier molecular flexibility index (Phi) is 5.88. The maximum absolute atomic E-state index is 13.4. The van der Waals surface area contributed by atoms with E-state index in [0.29, 0.717) is 18.8 Å². The zero-order valence-electron chi connectivity index (χ0n) is 18.1. The van der Waals surface area contributed by atoms with Crippen LogP contribution in [0.25, 0.3) is 0 Å². The molecule has 3 aromatic rings. The Morgan fingerprint density at radius 3 is 2.66 bits per heavy atom. The monoisotopic (exact) mass is 433 g/mol. The van der Waals surface area contributed by atoms with Crippen molar-refractivity contribution in [3.8, 4) is 0 Å². The molecule has 3 heterocycles. The van der Waals surface area contributed by atoms with E-state index < -0.39 is 0 Å². The molecule has 5 rings (SSSR count). The van der Waals surface area contributed by atoms with Gasteiger partial charge < -0.3 is 9.80 Å². The third kappa shape index (κ3) is 4.38. The van der Waals surface area contributed by atoms with E-state index in [1.165, 1.54) is 31.4 Å². The number of carbonyl (C=O) groups is 1. The third-order valence-electron chi connectivity index (χ3n) is 6.46. The van der Waals surface area contributed by atoms with Crippen LogP contribution in [0, 0.1) is 5.82 Å². The van der Waals surface area contributed by atoms with Gasteiger partial charge in [0, 0.05) is 37.3 Å². The van der Waals surface area contributed by atoms with Gasteiger partial charge in [-0.1, -0.05) is 18.2 Å².